The minimum atomic E-state index is -2.38. The summed E-state index contributed by atoms with van der Waals surface area (Å²) in [5.41, 5.74) is 5.82. The van der Waals surface area contributed by atoms with E-state index >= 15 is 0 Å². The van der Waals surface area contributed by atoms with Crippen molar-refractivity contribution in [2.75, 3.05) is 0 Å². The van der Waals surface area contributed by atoms with E-state index in [4.69, 9.17) is 0 Å². The Hall–Kier alpha value is -1.65. The molecule has 1 N–H and O–H groups in total. The fraction of sp³-hybridized carbons (Fsp3) is 0.357. The Kier molecular flexibility index (Phi) is 3.74. The lowest BCUT2D eigenvalue weighted by molar-refractivity contribution is 0.664. The quantitative estimate of drug-likeness (QED) is 0.791. The number of halogens is 2. The van der Waals surface area contributed by atoms with Gasteiger partial charge >= 0.3 is 7.27 Å². The first kappa shape index (κ1) is 13.8. The van der Waals surface area contributed by atoms with E-state index in [9.17, 15) is 8.63 Å². The van der Waals surface area contributed by atoms with Crippen molar-refractivity contribution >= 4 is 18.6 Å². The Bertz CT molecular complexity index is 595. The number of hydrogen-bond donors (Lipinski definition) is 1. The number of aliphatic imine (C=N–C) groups is 1. The number of nitrogens with zero attached hydrogens (tertiary/aromatic N) is 1. The van der Waals surface area contributed by atoms with Gasteiger partial charge < -0.3 is 4.98 Å². The Morgan fingerprint density at radius 1 is 1.26 bits per heavy atom. The van der Waals surface area contributed by atoms with Crippen molar-refractivity contribution in [2.24, 2.45) is 4.99 Å². The predicted octanol–water partition coefficient (Wildman–Crippen LogP) is 4.19. The zero-order valence-corrected chi connectivity index (χ0v) is 11.6. The second kappa shape index (κ2) is 5.15. The van der Waals surface area contributed by atoms with Crippen LogP contribution in [0.25, 0.3) is 5.57 Å². The van der Waals surface area contributed by atoms with Gasteiger partial charge in [0.1, 0.15) is 0 Å². The van der Waals surface area contributed by atoms with Crippen molar-refractivity contribution in [3.63, 3.8) is 0 Å². The van der Waals surface area contributed by atoms with Gasteiger partial charge in [0, 0.05) is 29.0 Å². The van der Waals surface area contributed by atoms with Crippen molar-refractivity contribution in [1.29, 1.82) is 0 Å². The molecule has 0 unspecified atom stereocenters. The third kappa shape index (κ3) is 2.86. The summed E-state index contributed by atoms with van der Waals surface area (Å²) in [5.74, 6) is 0. The molecule has 0 radical (unpaired) electrons. The molecule has 1 aliphatic rings. The van der Waals surface area contributed by atoms with Gasteiger partial charge in [-0.15, -0.1) is 0 Å². The zero-order valence-electron chi connectivity index (χ0n) is 11.6. The van der Waals surface area contributed by atoms with Crippen LogP contribution < -0.4 is 0 Å². The van der Waals surface area contributed by atoms with Crippen LogP contribution >= 0.6 is 0 Å². The highest BCUT2D eigenvalue weighted by atomic mass is 19.2. The fourth-order valence-electron chi connectivity index (χ4n) is 2.50. The van der Waals surface area contributed by atoms with E-state index in [1.54, 1.807) is 0 Å². The largest absolute Gasteiger partial charge is 0.542 e. The number of H-pyrrole nitrogens is 1. The molecule has 2 rings (SSSR count). The van der Waals surface area contributed by atoms with E-state index in [2.05, 4.69) is 9.98 Å². The van der Waals surface area contributed by atoms with Crippen molar-refractivity contribution in [3.8, 4) is 0 Å². The molecule has 0 saturated heterocycles. The van der Waals surface area contributed by atoms with E-state index in [0.29, 0.717) is 11.3 Å². The Morgan fingerprint density at radius 2 is 1.95 bits per heavy atom. The first-order valence-corrected chi connectivity index (χ1v) is 6.30. The second-order valence-electron chi connectivity index (χ2n) is 5.01. The molecule has 5 heteroatoms. The van der Waals surface area contributed by atoms with Crippen LogP contribution in [0.5, 0.6) is 0 Å². The van der Waals surface area contributed by atoms with Crippen molar-refractivity contribution in [3.05, 3.63) is 40.4 Å². The van der Waals surface area contributed by atoms with Gasteiger partial charge in [0.15, 0.2) is 0 Å². The van der Waals surface area contributed by atoms with Crippen LogP contribution in [0.3, 0.4) is 0 Å². The minimum Gasteiger partial charge on any atom is -0.359 e. The molecule has 0 fully saturated rings. The molecule has 100 valence electrons. The van der Waals surface area contributed by atoms with Crippen LogP contribution in [0.15, 0.2) is 28.4 Å². The normalized spacial score (nSPS) is 17.4. The molecule has 19 heavy (non-hydrogen) atoms. The molecule has 2 nitrogen and oxygen atoms in total. The summed E-state index contributed by atoms with van der Waals surface area (Å²) in [5, 5.41) is 0. The summed E-state index contributed by atoms with van der Waals surface area (Å²) in [6, 6.07) is 1.96. The van der Waals surface area contributed by atoms with Gasteiger partial charge in [0.2, 0.25) is 0 Å². The van der Waals surface area contributed by atoms with Crippen LogP contribution in [0, 0.1) is 13.8 Å². The molecule has 1 aromatic rings. The summed E-state index contributed by atoms with van der Waals surface area (Å²) >= 11 is 0. The zero-order chi connectivity index (χ0) is 14.2. The summed E-state index contributed by atoms with van der Waals surface area (Å²) in [7, 11) is -2.38. The molecular weight excluding hydrogens is 245 g/mol. The van der Waals surface area contributed by atoms with E-state index in [0.717, 1.165) is 28.2 Å². The summed E-state index contributed by atoms with van der Waals surface area (Å²) < 4.78 is 25.7. The second-order valence-corrected chi connectivity index (χ2v) is 5.01. The predicted molar refractivity (Wildman–Crippen MR) is 76.8 cm³/mol. The topological polar surface area (TPSA) is 28.1 Å². The van der Waals surface area contributed by atoms with Gasteiger partial charge in [0.05, 0.1) is 5.70 Å². The fourth-order valence-corrected chi connectivity index (χ4v) is 2.50. The summed E-state index contributed by atoms with van der Waals surface area (Å²) in [4.78, 5) is 7.57. The van der Waals surface area contributed by atoms with Crippen LogP contribution in [0.1, 0.15) is 30.8 Å². The first-order valence-electron chi connectivity index (χ1n) is 6.30. The standard InChI is InChI=1S/C14H17BF2N2/c1-8-5-10(3)18-13(8)12(7-15(16)17)14-9(2)6-11(4)19-14/h5-6,18H,7H2,1-4H3. The Morgan fingerprint density at radius 3 is 2.37 bits per heavy atom. The maximum atomic E-state index is 12.9. The van der Waals surface area contributed by atoms with Crippen molar-refractivity contribution in [2.45, 2.75) is 34.0 Å². The van der Waals surface area contributed by atoms with Gasteiger partial charge in [0.25, 0.3) is 0 Å². The van der Waals surface area contributed by atoms with Gasteiger partial charge in [-0.05, 0) is 51.0 Å². The third-order valence-corrected chi connectivity index (χ3v) is 3.18. The van der Waals surface area contributed by atoms with Crippen molar-refractivity contribution in [1.82, 2.24) is 4.98 Å². The smallest absolute Gasteiger partial charge is 0.359 e. The van der Waals surface area contributed by atoms with Gasteiger partial charge in [-0.2, -0.15) is 0 Å². The molecule has 1 aliphatic heterocycles. The van der Waals surface area contributed by atoms with E-state index in [1.165, 1.54) is 0 Å². The average molecular weight is 262 g/mol. The molecule has 0 aliphatic carbocycles. The SMILES string of the molecule is CC1=CC(C)=NC1=C(CB(F)F)c1[nH]c(C)cc1C. The highest BCUT2D eigenvalue weighted by Crippen LogP contribution is 2.33. The van der Waals surface area contributed by atoms with Crippen molar-refractivity contribution < 1.29 is 8.63 Å². The molecule has 0 bridgehead atoms. The lowest BCUT2D eigenvalue weighted by Gasteiger charge is -2.10. The number of aryl methyl sites for hydroxylation is 2. The lowest BCUT2D eigenvalue weighted by atomic mass is 9.83. The molecule has 0 amide bonds. The van der Waals surface area contributed by atoms with Crippen LogP contribution in [0.2, 0.25) is 6.32 Å². The summed E-state index contributed by atoms with van der Waals surface area (Å²) in [6.45, 7) is 7.64. The Labute approximate surface area is 112 Å². The number of rotatable bonds is 3. The van der Waals surface area contributed by atoms with Crippen LogP contribution in [-0.4, -0.2) is 18.0 Å². The van der Waals surface area contributed by atoms with Crippen LogP contribution in [-0.2, 0) is 0 Å². The number of aromatic nitrogens is 1. The maximum Gasteiger partial charge on any atom is 0.542 e. The molecule has 0 atom stereocenters. The molecule has 2 heterocycles. The molecular formula is C14H17BF2N2. The molecule has 0 saturated carbocycles. The van der Waals surface area contributed by atoms with Gasteiger partial charge in [-0.3, -0.25) is 13.6 Å². The molecule has 1 aromatic heterocycles. The van der Waals surface area contributed by atoms with Gasteiger partial charge in [-0.25, -0.2) is 0 Å². The van der Waals surface area contributed by atoms with Crippen LogP contribution in [0.4, 0.5) is 8.63 Å². The minimum absolute atomic E-state index is 0.280. The van der Waals surface area contributed by atoms with E-state index in [-0.39, 0.29) is 6.32 Å². The maximum absolute atomic E-state index is 12.9. The highest BCUT2D eigenvalue weighted by molar-refractivity contribution is 6.45. The monoisotopic (exact) mass is 262 g/mol. The van der Waals surface area contributed by atoms with Gasteiger partial charge in [-0.1, -0.05) is 0 Å². The van der Waals surface area contributed by atoms with E-state index in [1.807, 2.05) is 39.8 Å². The number of allylic oxidation sites excluding steroid dienone is 3. The highest BCUT2D eigenvalue weighted by Gasteiger charge is 2.24. The molecule has 0 aromatic carbocycles. The summed E-state index contributed by atoms with van der Waals surface area (Å²) in [6.07, 6.45) is 1.64. The average Bonchev–Trinajstić information content (AvgIpc) is 2.78. The number of nitrogens with one attached hydrogen (secondary N) is 1. The lowest BCUT2D eigenvalue weighted by Crippen LogP contribution is -2.02. The van der Waals surface area contributed by atoms with E-state index < -0.39 is 7.27 Å². The number of aromatic amines is 1. The third-order valence-electron chi connectivity index (χ3n) is 3.18. The molecule has 0 spiro atoms. The first-order chi connectivity index (χ1) is 8.88. The number of hydrogen-bond acceptors (Lipinski definition) is 1. The Balaban J connectivity index is 2.58.